The molecule has 22 heavy (non-hydrogen) atoms. The molecule has 2 aromatic heterocycles. The highest BCUT2D eigenvalue weighted by Gasteiger charge is 2.10. The third kappa shape index (κ3) is 3.06. The van der Waals surface area contributed by atoms with Gasteiger partial charge >= 0.3 is 0 Å². The maximum atomic E-state index is 5.89. The van der Waals surface area contributed by atoms with Crippen LogP contribution in [0.1, 0.15) is 11.1 Å². The molecule has 4 nitrogen and oxygen atoms in total. The average molecular weight is 292 g/mol. The fourth-order valence-corrected chi connectivity index (χ4v) is 1.98. The fraction of sp³-hybridized carbons (Fsp3) is 0.111. The van der Waals surface area contributed by atoms with Gasteiger partial charge < -0.3 is 9.47 Å². The van der Waals surface area contributed by atoms with Crippen LogP contribution in [0.25, 0.3) is 0 Å². The van der Waals surface area contributed by atoms with Crippen molar-refractivity contribution >= 4 is 0 Å². The lowest BCUT2D eigenvalue weighted by molar-refractivity contribution is 0.398. The summed E-state index contributed by atoms with van der Waals surface area (Å²) in [5.41, 5.74) is 1.93. The summed E-state index contributed by atoms with van der Waals surface area (Å²) >= 11 is 0. The van der Waals surface area contributed by atoms with Crippen LogP contribution in [0, 0.1) is 13.8 Å². The van der Waals surface area contributed by atoms with Gasteiger partial charge in [-0.05, 0) is 38.1 Å². The van der Waals surface area contributed by atoms with Gasteiger partial charge in [0.15, 0.2) is 11.5 Å². The number of benzene rings is 1. The van der Waals surface area contributed by atoms with E-state index in [1.54, 1.807) is 12.4 Å². The Labute approximate surface area is 129 Å². The molecule has 3 rings (SSSR count). The summed E-state index contributed by atoms with van der Waals surface area (Å²) in [7, 11) is 0. The van der Waals surface area contributed by atoms with Crippen LogP contribution in [0.3, 0.4) is 0 Å². The largest absolute Gasteiger partial charge is 0.435 e. The molecule has 0 radical (unpaired) electrons. The van der Waals surface area contributed by atoms with E-state index >= 15 is 0 Å². The second-order valence-corrected chi connectivity index (χ2v) is 4.90. The van der Waals surface area contributed by atoms with Gasteiger partial charge in [-0.25, -0.2) is 9.97 Å². The standard InChI is InChI=1S/C18H16N2O2/c1-13-7-5-11-19-17(13)21-15-9-3-4-10-16(15)22-18-14(2)8-6-12-20-18/h3-12H,1-2H3. The van der Waals surface area contributed by atoms with Gasteiger partial charge in [-0.3, -0.25) is 0 Å². The van der Waals surface area contributed by atoms with Crippen LogP contribution in [-0.2, 0) is 0 Å². The third-order valence-corrected chi connectivity index (χ3v) is 3.19. The first-order valence-electron chi connectivity index (χ1n) is 7.02. The molecule has 3 aromatic rings. The lowest BCUT2D eigenvalue weighted by Crippen LogP contribution is -1.95. The zero-order valence-corrected chi connectivity index (χ0v) is 12.5. The van der Waals surface area contributed by atoms with Gasteiger partial charge in [0.25, 0.3) is 0 Å². The van der Waals surface area contributed by atoms with Gasteiger partial charge in [0, 0.05) is 23.5 Å². The van der Waals surface area contributed by atoms with E-state index in [-0.39, 0.29) is 0 Å². The SMILES string of the molecule is Cc1cccnc1Oc1ccccc1Oc1ncccc1C. The number of aryl methyl sites for hydroxylation is 2. The molecule has 2 heterocycles. The summed E-state index contributed by atoms with van der Waals surface area (Å²) in [4.78, 5) is 8.49. The van der Waals surface area contributed by atoms with Crippen LogP contribution in [0.2, 0.25) is 0 Å². The number of rotatable bonds is 4. The molecule has 0 saturated heterocycles. The van der Waals surface area contributed by atoms with Crippen molar-refractivity contribution < 1.29 is 9.47 Å². The Morgan fingerprint density at radius 2 is 1.09 bits per heavy atom. The number of aromatic nitrogens is 2. The van der Waals surface area contributed by atoms with Crippen molar-refractivity contribution in [3.8, 4) is 23.3 Å². The Morgan fingerprint density at radius 1 is 0.636 bits per heavy atom. The summed E-state index contributed by atoms with van der Waals surface area (Å²) in [5.74, 6) is 2.34. The first-order chi connectivity index (χ1) is 10.7. The molecule has 0 fully saturated rings. The van der Waals surface area contributed by atoms with Crippen molar-refractivity contribution in [2.45, 2.75) is 13.8 Å². The van der Waals surface area contributed by atoms with Crippen LogP contribution in [0.5, 0.6) is 23.3 Å². The van der Waals surface area contributed by atoms with Gasteiger partial charge in [0.05, 0.1) is 0 Å². The van der Waals surface area contributed by atoms with E-state index in [4.69, 9.17) is 9.47 Å². The molecule has 0 N–H and O–H groups in total. The molecule has 0 bridgehead atoms. The average Bonchev–Trinajstić information content (AvgIpc) is 2.53. The van der Waals surface area contributed by atoms with E-state index in [2.05, 4.69) is 9.97 Å². The first kappa shape index (κ1) is 14.1. The highest BCUT2D eigenvalue weighted by Crippen LogP contribution is 2.34. The maximum Gasteiger partial charge on any atom is 0.222 e. The fourth-order valence-electron chi connectivity index (χ4n) is 1.98. The summed E-state index contributed by atoms with van der Waals surface area (Å²) in [5, 5.41) is 0. The lowest BCUT2D eigenvalue weighted by Gasteiger charge is -2.13. The van der Waals surface area contributed by atoms with Gasteiger partial charge in [-0.15, -0.1) is 0 Å². The number of ether oxygens (including phenoxy) is 2. The Hall–Kier alpha value is -2.88. The lowest BCUT2D eigenvalue weighted by atomic mass is 10.3. The van der Waals surface area contributed by atoms with Gasteiger partial charge in [-0.1, -0.05) is 24.3 Å². The molecule has 0 saturated carbocycles. The highest BCUT2D eigenvalue weighted by molar-refractivity contribution is 5.45. The van der Waals surface area contributed by atoms with Crippen molar-refractivity contribution in [3.63, 3.8) is 0 Å². The quantitative estimate of drug-likeness (QED) is 0.700. The first-order valence-corrected chi connectivity index (χ1v) is 7.02. The molecule has 0 amide bonds. The predicted molar refractivity (Wildman–Crippen MR) is 84.5 cm³/mol. The molecular weight excluding hydrogens is 276 g/mol. The number of hydrogen-bond donors (Lipinski definition) is 0. The van der Waals surface area contributed by atoms with Crippen LogP contribution in [0.4, 0.5) is 0 Å². The highest BCUT2D eigenvalue weighted by atomic mass is 16.5. The summed E-state index contributed by atoms with van der Waals surface area (Å²) < 4.78 is 11.8. The number of hydrogen-bond acceptors (Lipinski definition) is 4. The van der Waals surface area contributed by atoms with E-state index in [1.807, 2.05) is 62.4 Å². The molecule has 4 heteroatoms. The van der Waals surface area contributed by atoms with Gasteiger partial charge in [0.2, 0.25) is 11.8 Å². The van der Waals surface area contributed by atoms with E-state index < -0.39 is 0 Å². The normalized spacial score (nSPS) is 10.3. The van der Waals surface area contributed by atoms with E-state index in [0.717, 1.165) is 11.1 Å². The number of pyridine rings is 2. The Bertz CT molecular complexity index is 721. The molecule has 0 aliphatic rings. The van der Waals surface area contributed by atoms with Crippen molar-refractivity contribution in [1.82, 2.24) is 9.97 Å². The van der Waals surface area contributed by atoms with Crippen LogP contribution in [-0.4, -0.2) is 9.97 Å². The molecule has 110 valence electrons. The topological polar surface area (TPSA) is 44.2 Å². The van der Waals surface area contributed by atoms with Crippen molar-refractivity contribution in [3.05, 3.63) is 72.1 Å². The zero-order valence-electron chi connectivity index (χ0n) is 12.5. The van der Waals surface area contributed by atoms with Gasteiger partial charge in [-0.2, -0.15) is 0 Å². The molecular formula is C18H16N2O2. The van der Waals surface area contributed by atoms with E-state index in [9.17, 15) is 0 Å². The van der Waals surface area contributed by atoms with Crippen molar-refractivity contribution in [1.29, 1.82) is 0 Å². The van der Waals surface area contributed by atoms with Crippen molar-refractivity contribution in [2.75, 3.05) is 0 Å². The summed E-state index contributed by atoms with van der Waals surface area (Å²) in [6.07, 6.45) is 3.41. The predicted octanol–water partition coefficient (Wildman–Crippen LogP) is 4.68. The Kier molecular flexibility index (Phi) is 4.01. The molecule has 0 aliphatic heterocycles. The van der Waals surface area contributed by atoms with E-state index in [0.29, 0.717) is 23.3 Å². The molecule has 0 spiro atoms. The molecule has 0 aliphatic carbocycles. The Morgan fingerprint density at radius 3 is 1.50 bits per heavy atom. The van der Waals surface area contributed by atoms with Crippen molar-refractivity contribution in [2.24, 2.45) is 0 Å². The molecule has 0 unspecified atom stereocenters. The summed E-state index contributed by atoms with van der Waals surface area (Å²) in [6.45, 7) is 3.91. The van der Waals surface area contributed by atoms with Crippen LogP contribution in [0.15, 0.2) is 60.9 Å². The monoisotopic (exact) mass is 292 g/mol. The minimum atomic E-state index is 0.566. The van der Waals surface area contributed by atoms with Crippen LogP contribution < -0.4 is 9.47 Å². The smallest absolute Gasteiger partial charge is 0.222 e. The minimum absolute atomic E-state index is 0.566. The second kappa shape index (κ2) is 6.26. The maximum absolute atomic E-state index is 5.89. The van der Waals surface area contributed by atoms with E-state index in [1.165, 1.54) is 0 Å². The molecule has 0 atom stereocenters. The third-order valence-electron chi connectivity index (χ3n) is 3.19. The number of para-hydroxylation sites is 2. The minimum Gasteiger partial charge on any atom is -0.435 e. The van der Waals surface area contributed by atoms with Crippen LogP contribution >= 0.6 is 0 Å². The second-order valence-electron chi connectivity index (χ2n) is 4.90. The molecule has 1 aromatic carbocycles. The zero-order chi connectivity index (χ0) is 15.4. The van der Waals surface area contributed by atoms with Gasteiger partial charge in [0.1, 0.15) is 0 Å². The summed E-state index contributed by atoms with van der Waals surface area (Å²) in [6, 6.07) is 15.1. The Balaban J connectivity index is 1.91. The number of nitrogens with zero attached hydrogens (tertiary/aromatic N) is 2.